The van der Waals surface area contributed by atoms with Crippen LogP contribution in [0.3, 0.4) is 0 Å². The molecule has 164 valence electrons. The van der Waals surface area contributed by atoms with E-state index in [-0.39, 0.29) is 17.4 Å². The fourth-order valence-corrected chi connectivity index (χ4v) is 2.64. The van der Waals surface area contributed by atoms with Crippen molar-refractivity contribution in [1.29, 1.82) is 0 Å². The van der Waals surface area contributed by atoms with Crippen LogP contribution in [0.15, 0.2) is 48.5 Å². The van der Waals surface area contributed by atoms with Crippen molar-refractivity contribution < 1.29 is 40.6 Å². The van der Waals surface area contributed by atoms with Gasteiger partial charge in [-0.25, -0.2) is 4.79 Å². The Morgan fingerprint density at radius 3 is 2.17 bits per heavy atom. The Balaban J connectivity index is 1.81. The van der Waals surface area contributed by atoms with Crippen LogP contribution in [0.5, 0.6) is 5.75 Å². The molecule has 0 aliphatic rings. The second-order valence-corrected chi connectivity index (χ2v) is 6.48. The smallest absolute Gasteiger partial charge is 0.434 e. The number of ether oxygens (including phenoxy) is 2. The lowest BCUT2D eigenvalue weighted by atomic mass is 10.1. The van der Waals surface area contributed by atoms with Gasteiger partial charge in [-0.2, -0.15) is 26.3 Å². The third-order valence-electron chi connectivity index (χ3n) is 3.70. The molecule has 1 N–H and O–H groups in total. The van der Waals surface area contributed by atoms with E-state index in [0.29, 0.717) is 6.42 Å². The van der Waals surface area contributed by atoms with Crippen molar-refractivity contribution in [3.63, 3.8) is 0 Å². The van der Waals surface area contributed by atoms with Crippen molar-refractivity contribution in [1.82, 2.24) is 5.32 Å². The Morgan fingerprint density at radius 1 is 0.967 bits per heavy atom. The van der Waals surface area contributed by atoms with E-state index in [1.165, 1.54) is 0 Å². The van der Waals surface area contributed by atoms with Gasteiger partial charge in [-0.1, -0.05) is 48.0 Å². The molecule has 0 saturated heterocycles. The van der Waals surface area contributed by atoms with Gasteiger partial charge < -0.3 is 14.8 Å². The average Bonchev–Trinajstić information content (AvgIpc) is 2.64. The van der Waals surface area contributed by atoms with E-state index in [1.807, 2.05) is 30.3 Å². The van der Waals surface area contributed by atoms with Gasteiger partial charge in [0.25, 0.3) is 6.10 Å². The predicted molar refractivity (Wildman–Crippen MR) is 96.6 cm³/mol. The summed E-state index contributed by atoms with van der Waals surface area (Å²) in [5, 5.41) is 2.03. The maximum atomic E-state index is 12.3. The Bertz CT molecular complexity index is 828. The van der Waals surface area contributed by atoms with E-state index in [0.717, 1.165) is 11.1 Å². The first-order valence-corrected chi connectivity index (χ1v) is 8.87. The maximum Gasteiger partial charge on any atom is 0.434 e. The zero-order valence-corrected chi connectivity index (χ0v) is 15.9. The van der Waals surface area contributed by atoms with Crippen LogP contribution in [0.2, 0.25) is 5.02 Å². The molecule has 0 fully saturated rings. The molecule has 11 heteroatoms. The minimum atomic E-state index is -5.78. The molecule has 4 nitrogen and oxygen atoms in total. The number of carbonyl (C=O) groups is 1. The Labute approximate surface area is 172 Å². The van der Waals surface area contributed by atoms with Crippen LogP contribution in [-0.2, 0) is 11.2 Å². The average molecular weight is 456 g/mol. The van der Waals surface area contributed by atoms with Gasteiger partial charge in [-0.05, 0) is 29.7 Å². The number of benzene rings is 2. The van der Waals surface area contributed by atoms with Gasteiger partial charge in [0, 0.05) is 0 Å². The Morgan fingerprint density at radius 2 is 1.60 bits per heavy atom. The molecule has 0 aliphatic heterocycles. The highest BCUT2D eigenvalue weighted by molar-refractivity contribution is 6.32. The SMILES string of the molecule is O=C(NCCOc1ccc(Cc2ccccc2)cc1Cl)OC(C(F)(F)F)C(F)(F)F. The molecule has 0 radical (unpaired) electrons. The summed E-state index contributed by atoms with van der Waals surface area (Å²) in [7, 11) is 0. The highest BCUT2D eigenvalue weighted by Crippen LogP contribution is 2.35. The summed E-state index contributed by atoms with van der Waals surface area (Å²) in [4.78, 5) is 11.2. The fraction of sp³-hybridized carbons (Fsp3) is 0.316. The van der Waals surface area contributed by atoms with Crippen LogP contribution in [-0.4, -0.2) is 37.7 Å². The largest absolute Gasteiger partial charge is 0.490 e. The molecule has 2 rings (SSSR count). The van der Waals surface area contributed by atoms with Crippen LogP contribution >= 0.6 is 11.6 Å². The highest BCUT2D eigenvalue weighted by Gasteiger charge is 2.59. The number of hydrogen-bond donors (Lipinski definition) is 1. The molecule has 0 saturated carbocycles. The van der Waals surface area contributed by atoms with Crippen molar-refractivity contribution >= 4 is 17.7 Å². The number of alkyl halides is 6. The van der Waals surface area contributed by atoms with Gasteiger partial charge in [0.05, 0.1) is 11.6 Å². The van der Waals surface area contributed by atoms with Crippen molar-refractivity contribution in [3.8, 4) is 5.75 Å². The summed E-state index contributed by atoms with van der Waals surface area (Å²) < 4.78 is 82.7. The number of rotatable bonds is 7. The van der Waals surface area contributed by atoms with Crippen molar-refractivity contribution in [2.75, 3.05) is 13.2 Å². The number of alkyl carbamates (subject to hydrolysis) is 1. The van der Waals surface area contributed by atoms with E-state index in [4.69, 9.17) is 16.3 Å². The van der Waals surface area contributed by atoms with Crippen LogP contribution in [0, 0.1) is 0 Å². The van der Waals surface area contributed by atoms with E-state index >= 15 is 0 Å². The molecule has 0 aromatic heterocycles. The minimum absolute atomic E-state index is 0.243. The van der Waals surface area contributed by atoms with Gasteiger partial charge in [-0.3, -0.25) is 0 Å². The molecule has 30 heavy (non-hydrogen) atoms. The molecular formula is C19H16ClF6NO3. The predicted octanol–water partition coefficient (Wildman–Crippen LogP) is 5.53. The molecule has 0 heterocycles. The zero-order valence-electron chi connectivity index (χ0n) is 15.2. The van der Waals surface area contributed by atoms with E-state index in [9.17, 15) is 31.1 Å². The lowest BCUT2D eigenvalue weighted by Gasteiger charge is -2.22. The zero-order chi connectivity index (χ0) is 22.4. The van der Waals surface area contributed by atoms with E-state index < -0.39 is 31.1 Å². The monoisotopic (exact) mass is 455 g/mol. The third-order valence-corrected chi connectivity index (χ3v) is 3.99. The number of nitrogens with one attached hydrogen (secondary N) is 1. The van der Waals surface area contributed by atoms with E-state index in [1.54, 1.807) is 23.5 Å². The summed E-state index contributed by atoms with van der Waals surface area (Å²) in [6.45, 7) is -0.654. The second-order valence-electron chi connectivity index (χ2n) is 6.07. The number of amides is 1. The molecule has 0 atom stereocenters. The van der Waals surface area contributed by atoms with Gasteiger partial charge in [0.1, 0.15) is 12.4 Å². The molecule has 2 aromatic rings. The van der Waals surface area contributed by atoms with Crippen molar-refractivity contribution in [3.05, 3.63) is 64.7 Å². The standard InChI is InChI=1S/C19H16ClF6NO3/c20-14-11-13(10-12-4-2-1-3-5-12)6-7-15(14)29-9-8-27-17(28)30-16(18(21,22)23)19(24,25)26/h1-7,11,16H,8-10H2,(H,27,28). The summed E-state index contributed by atoms with van der Waals surface area (Å²) in [5.41, 5.74) is 1.98. The lowest BCUT2D eigenvalue weighted by Crippen LogP contribution is -2.47. The summed E-state index contributed by atoms with van der Waals surface area (Å²) in [5.74, 6) is 0.243. The van der Waals surface area contributed by atoms with Crippen LogP contribution in [0.25, 0.3) is 0 Å². The molecule has 0 aliphatic carbocycles. The summed E-state index contributed by atoms with van der Waals surface area (Å²) >= 11 is 6.12. The van der Waals surface area contributed by atoms with Gasteiger partial charge in [0.2, 0.25) is 0 Å². The van der Waals surface area contributed by atoms with Crippen molar-refractivity contribution in [2.45, 2.75) is 24.9 Å². The molecule has 0 spiro atoms. The fourth-order valence-electron chi connectivity index (χ4n) is 2.38. The van der Waals surface area contributed by atoms with E-state index in [2.05, 4.69) is 4.74 Å². The van der Waals surface area contributed by atoms with Gasteiger partial charge in [0.15, 0.2) is 0 Å². The number of carbonyl (C=O) groups excluding carboxylic acids is 1. The summed E-state index contributed by atoms with van der Waals surface area (Å²) in [6.07, 6.45) is -17.0. The Hall–Kier alpha value is -2.62. The maximum absolute atomic E-state index is 12.3. The van der Waals surface area contributed by atoms with Crippen molar-refractivity contribution in [2.24, 2.45) is 0 Å². The number of hydrogen-bond acceptors (Lipinski definition) is 3. The first-order chi connectivity index (χ1) is 14.0. The summed E-state index contributed by atoms with van der Waals surface area (Å²) in [6, 6.07) is 14.6. The highest BCUT2D eigenvalue weighted by atomic mass is 35.5. The second kappa shape index (κ2) is 9.92. The van der Waals surface area contributed by atoms with Crippen LogP contribution < -0.4 is 10.1 Å². The Kier molecular flexibility index (Phi) is 7.83. The topological polar surface area (TPSA) is 47.6 Å². The molecule has 1 amide bonds. The minimum Gasteiger partial charge on any atom is -0.490 e. The lowest BCUT2D eigenvalue weighted by molar-refractivity contribution is -0.307. The first kappa shape index (κ1) is 23.7. The van der Waals surface area contributed by atoms with Crippen LogP contribution in [0.1, 0.15) is 11.1 Å². The molecule has 0 unspecified atom stereocenters. The quantitative estimate of drug-likeness (QED) is 0.441. The normalized spacial score (nSPS) is 12.0. The first-order valence-electron chi connectivity index (χ1n) is 8.50. The van der Waals surface area contributed by atoms with Crippen LogP contribution in [0.4, 0.5) is 31.1 Å². The number of halogens is 7. The van der Waals surface area contributed by atoms with Gasteiger partial charge in [-0.15, -0.1) is 0 Å². The molecule has 0 bridgehead atoms. The van der Waals surface area contributed by atoms with Gasteiger partial charge >= 0.3 is 18.4 Å². The third kappa shape index (κ3) is 7.33. The molecule has 2 aromatic carbocycles. The molecular weight excluding hydrogens is 440 g/mol.